The van der Waals surface area contributed by atoms with Crippen LogP contribution in [0, 0.1) is 13.8 Å². The lowest BCUT2D eigenvalue weighted by Gasteiger charge is -2.34. The molecule has 6 rings (SSSR count). The van der Waals surface area contributed by atoms with E-state index in [1.165, 1.54) is 11.9 Å². The van der Waals surface area contributed by atoms with Crippen molar-refractivity contribution in [3.63, 3.8) is 0 Å². The molecular weight excluding hydrogens is 524 g/mol. The highest BCUT2D eigenvalue weighted by molar-refractivity contribution is 6.06. The summed E-state index contributed by atoms with van der Waals surface area (Å²) < 4.78 is 6.37. The van der Waals surface area contributed by atoms with Crippen molar-refractivity contribution >= 4 is 39.7 Å². The molecule has 42 heavy (non-hydrogen) atoms. The number of aromatic nitrogens is 2. The highest BCUT2D eigenvalue weighted by Crippen LogP contribution is 2.32. The van der Waals surface area contributed by atoms with Gasteiger partial charge in [0.25, 0.3) is 5.91 Å². The number of carbonyl (C=O) groups is 1. The van der Waals surface area contributed by atoms with Crippen molar-refractivity contribution in [2.24, 2.45) is 0 Å². The third kappa shape index (κ3) is 5.89. The highest BCUT2D eigenvalue weighted by Gasteiger charge is 2.20. The Morgan fingerprint density at radius 3 is 2.29 bits per heavy atom. The number of hydrogen-bond donors (Lipinski definition) is 2. The third-order valence-corrected chi connectivity index (χ3v) is 7.67. The molecule has 212 valence electrons. The van der Waals surface area contributed by atoms with E-state index in [0.717, 1.165) is 59.5 Å². The van der Waals surface area contributed by atoms with E-state index in [1.807, 2.05) is 86.6 Å². The van der Waals surface area contributed by atoms with Gasteiger partial charge in [-0.2, -0.15) is 4.98 Å². The normalized spacial score (nSPS) is 13.6. The van der Waals surface area contributed by atoms with E-state index in [1.54, 1.807) is 0 Å². The lowest BCUT2D eigenvalue weighted by atomic mass is 10.1. The topological polar surface area (TPSA) is 82.6 Å². The first-order chi connectivity index (χ1) is 20.4. The lowest BCUT2D eigenvalue weighted by Crippen LogP contribution is -2.44. The molecule has 0 saturated carbocycles. The van der Waals surface area contributed by atoms with E-state index in [9.17, 15) is 4.79 Å². The van der Waals surface area contributed by atoms with Crippen LogP contribution in [0.3, 0.4) is 0 Å². The minimum atomic E-state index is -0.342. The molecular formula is C34H34N6O2. The second-order valence-electron chi connectivity index (χ2n) is 10.7. The summed E-state index contributed by atoms with van der Waals surface area (Å²) in [6.45, 7) is 8.05. The van der Waals surface area contributed by atoms with Crippen LogP contribution in [-0.2, 0) is 0 Å². The van der Waals surface area contributed by atoms with Gasteiger partial charge in [0.2, 0.25) is 11.8 Å². The monoisotopic (exact) mass is 558 g/mol. The lowest BCUT2D eigenvalue weighted by molar-refractivity contribution is 0.102. The zero-order valence-electron chi connectivity index (χ0n) is 24.1. The molecule has 2 heterocycles. The second-order valence-corrected chi connectivity index (χ2v) is 10.7. The van der Waals surface area contributed by atoms with Gasteiger partial charge in [-0.1, -0.05) is 54.6 Å². The van der Waals surface area contributed by atoms with Gasteiger partial charge in [-0.15, -0.1) is 0 Å². The first-order valence-corrected chi connectivity index (χ1v) is 14.2. The molecule has 0 radical (unpaired) electrons. The van der Waals surface area contributed by atoms with E-state index >= 15 is 0 Å². The quantitative estimate of drug-likeness (QED) is 0.228. The molecule has 8 heteroatoms. The van der Waals surface area contributed by atoms with Gasteiger partial charge < -0.3 is 25.2 Å². The van der Waals surface area contributed by atoms with Gasteiger partial charge in [-0.3, -0.25) is 4.79 Å². The Morgan fingerprint density at radius 1 is 0.833 bits per heavy atom. The van der Waals surface area contributed by atoms with Crippen LogP contribution in [-0.4, -0.2) is 54.0 Å². The molecule has 0 atom stereocenters. The van der Waals surface area contributed by atoms with Crippen molar-refractivity contribution in [2.75, 3.05) is 48.8 Å². The first-order valence-electron chi connectivity index (χ1n) is 14.2. The molecule has 0 bridgehead atoms. The number of amides is 1. The molecule has 1 aromatic heterocycles. The summed E-state index contributed by atoms with van der Waals surface area (Å²) in [6.07, 6.45) is 1.51. The summed E-state index contributed by atoms with van der Waals surface area (Å²) >= 11 is 0. The Labute approximate surface area is 246 Å². The number of nitrogens with zero attached hydrogens (tertiary/aromatic N) is 4. The van der Waals surface area contributed by atoms with Crippen molar-refractivity contribution < 1.29 is 9.53 Å². The summed E-state index contributed by atoms with van der Waals surface area (Å²) in [5.41, 5.74) is 4.98. The minimum Gasteiger partial charge on any atom is -0.437 e. The van der Waals surface area contributed by atoms with Crippen LogP contribution in [0.15, 0.2) is 91.1 Å². The number of aryl methyl sites for hydroxylation is 2. The highest BCUT2D eigenvalue weighted by atomic mass is 16.5. The Kier molecular flexibility index (Phi) is 7.70. The zero-order valence-corrected chi connectivity index (χ0v) is 24.1. The summed E-state index contributed by atoms with van der Waals surface area (Å²) in [7, 11) is 2.15. The van der Waals surface area contributed by atoms with Crippen molar-refractivity contribution in [1.29, 1.82) is 0 Å². The Balaban J connectivity index is 1.30. The van der Waals surface area contributed by atoms with Crippen molar-refractivity contribution in [2.45, 2.75) is 13.8 Å². The van der Waals surface area contributed by atoms with Crippen molar-refractivity contribution in [1.82, 2.24) is 14.9 Å². The zero-order chi connectivity index (χ0) is 29.1. The van der Waals surface area contributed by atoms with Crippen molar-refractivity contribution in [3.05, 3.63) is 108 Å². The molecule has 0 unspecified atom stereocenters. The smallest absolute Gasteiger partial charge is 0.262 e. The SMILES string of the molecule is Cc1cccc(C)c1NC(=O)c1cnc(Nc2ccc(N3CCN(C)CC3)cc2)nc1Oc1cccc2ccccc12. The Bertz CT molecular complexity index is 1700. The largest absolute Gasteiger partial charge is 0.437 e. The number of carbonyl (C=O) groups excluding carboxylic acids is 1. The predicted octanol–water partition coefficient (Wildman–Crippen LogP) is 6.79. The van der Waals surface area contributed by atoms with E-state index in [0.29, 0.717) is 11.7 Å². The average molecular weight is 559 g/mol. The average Bonchev–Trinajstić information content (AvgIpc) is 3.00. The number of likely N-dealkylation sites (N-methyl/N-ethyl adjacent to an activating group) is 1. The molecule has 5 aromatic rings. The maximum atomic E-state index is 13.6. The number of hydrogen-bond acceptors (Lipinski definition) is 7. The first kappa shape index (κ1) is 27.2. The van der Waals surface area contributed by atoms with Crippen LogP contribution < -0.4 is 20.3 Å². The summed E-state index contributed by atoms with van der Waals surface area (Å²) in [5.74, 6) is 0.768. The maximum absolute atomic E-state index is 13.6. The molecule has 2 N–H and O–H groups in total. The molecule has 0 spiro atoms. The van der Waals surface area contributed by atoms with E-state index in [-0.39, 0.29) is 17.4 Å². The summed E-state index contributed by atoms with van der Waals surface area (Å²) in [5, 5.41) is 8.27. The number of benzene rings is 4. The fourth-order valence-corrected chi connectivity index (χ4v) is 5.19. The van der Waals surface area contributed by atoms with E-state index in [4.69, 9.17) is 4.74 Å². The second kappa shape index (κ2) is 11.9. The fraction of sp³-hybridized carbons (Fsp3) is 0.206. The molecule has 1 aliphatic rings. The number of anilines is 4. The number of ether oxygens (including phenoxy) is 1. The van der Waals surface area contributed by atoms with Crippen LogP contribution in [0.5, 0.6) is 11.6 Å². The molecule has 1 aliphatic heterocycles. The van der Waals surface area contributed by atoms with Crippen LogP contribution in [0.2, 0.25) is 0 Å². The van der Waals surface area contributed by atoms with Gasteiger partial charge >= 0.3 is 0 Å². The van der Waals surface area contributed by atoms with E-state index in [2.05, 4.69) is 49.6 Å². The Morgan fingerprint density at radius 2 is 1.52 bits per heavy atom. The minimum absolute atomic E-state index is 0.168. The van der Waals surface area contributed by atoms with Crippen LogP contribution in [0.4, 0.5) is 23.0 Å². The van der Waals surface area contributed by atoms with Gasteiger partial charge in [-0.25, -0.2) is 4.98 Å². The molecule has 1 fully saturated rings. The standard InChI is InChI=1S/C34H34N6O2/c1-23-8-6-9-24(2)31(23)37-32(41)29-22-35-34(36-26-14-16-27(17-15-26)40-20-18-39(3)19-21-40)38-33(29)42-30-13-7-11-25-10-4-5-12-28(25)30/h4-17,22H,18-21H2,1-3H3,(H,37,41)(H,35,36,38). The van der Waals surface area contributed by atoms with Gasteiger partial charge in [-0.05, 0) is 67.7 Å². The number of para-hydroxylation sites is 1. The fourth-order valence-electron chi connectivity index (χ4n) is 5.19. The molecule has 1 saturated heterocycles. The maximum Gasteiger partial charge on any atom is 0.262 e. The molecule has 4 aromatic carbocycles. The summed E-state index contributed by atoms with van der Waals surface area (Å²) in [6, 6.07) is 27.9. The van der Waals surface area contributed by atoms with Gasteiger partial charge in [0.15, 0.2) is 0 Å². The molecule has 0 aliphatic carbocycles. The summed E-state index contributed by atoms with van der Waals surface area (Å²) in [4.78, 5) is 27.5. The van der Waals surface area contributed by atoms with Gasteiger partial charge in [0.1, 0.15) is 11.3 Å². The number of nitrogens with one attached hydrogen (secondary N) is 2. The van der Waals surface area contributed by atoms with Crippen LogP contribution in [0.1, 0.15) is 21.5 Å². The van der Waals surface area contributed by atoms with Crippen molar-refractivity contribution in [3.8, 4) is 11.6 Å². The number of rotatable bonds is 7. The molecule has 1 amide bonds. The number of fused-ring (bicyclic) bond motifs is 1. The predicted molar refractivity (Wildman–Crippen MR) is 169 cm³/mol. The Hall–Kier alpha value is -4.95. The van der Waals surface area contributed by atoms with Crippen LogP contribution >= 0.6 is 0 Å². The van der Waals surface area contributed by atoms with Gasteiger partial charge in [0.05, 0.1) is 0 Å². The number of piperazine rings is 1. The third-order valence-electron chi connectivity index (χ3n) is 7.67. The van der Waals surface area contributed by atoms with E-state index < -0.39 is 0 Å². The van der Waals surface area contributed by atoms with Gasteiger partial charge in [0, 0.05) is 54.8 Å². The molecule has 8 nitrogen and oxygen atoms in total. The van der Waals surface area contributed by atoms with Crippen LogP contribution in [0.25, 0.3) is 10.8 Å².